The van der Waals surface area contributed by atoms with Gasteiger partial charge in [-0.15, -0.1) is 6.58 Å². The molecule has 2 heterocycles. The van der Waals surface area contributed by atoms with Crippen molar-refractivity contribution in [2.24, 2.45) is 13.0 Å². The monoisotopic (exact) mass is 291 g/mol. The van der Waals surface area contributed by atoms with Crippen molar-refractivity contribution >= 4 is 17.3 Å². The van der Waals surface area contributed by atoms with Crippen LogP contribution in [0.4, 0.5) is 0 Å². The molecule has 0 amide bonds. The number of aromatic nitrogens is 1. The van der Waals surface area contributed by atoms with Gasteiger partial charge in [-0.25, -0.2) is 0 Å². The molecular weight excluding hydrogens is 266 g/mol. The Morgan fingerprint density at radius 1 is 1.50 bits per heavy atom. The molecule has 0 unspecified atom stereocenters. The third-order valence-corrected chi connectivity index (χ3v) is 4.53. The lowest BCUT2D eigenvalue weighted by Crippen LogP contribution is -2.42. The molecule has 0 aromatic carbocycles. The third-order valence-electron chi connectivity index (χ3n) is 4.16. The van der Waals surface area contributed by atoms with Gasteiger partial charge >= 0.3 is 0 Å². The number of thiocarbonyl (C=S) groups is 1. The maximum atomic E-state index is 5.59. The molecule has 1 fully saturated rings. The molecule has 0 spiro atoms. The number of hydrogen-bond donors (Lipinski definition) is 1. The normalized spacial score (nSPS) is 23.2. The third kappa shape index (κ3) is 3.42. The number of rotatable bonds is 3. The second-order valence-electron chi connectivity index (χ2n) is 5.70. The second-order valence-corrected chi connectivity index (χ2v) is 6.09. The van der Waals surface area contributed by atoms with E-state index >= 15 is 0 Å². The van der Waals surface area contributed by atoms with Crippen LogP contribution in [0.5, 0.6) is 0 Å². The van der Waals surface area contributed by atoms with Crippen molar-refractivity contribution < 1.29 is 0 Å². The van der Waals surface area contributed by atoms with E-state index in [0.29, 0.717) is 6.04 Å². The Kier molecular flexibility index (Phi) is 5.24. The smallest absolute Gasteiger partial charge is 0.169 e. The summed E-state index contributed by atoms with van der Waals surface area (Å²) in [6.07, 6.45) is 7.59. The summed E-state index contributed by atoms with van der Waals surface area (Å²) in [6, 6.07) is 4.70. The minimum Gasteiger partial charge on any atom is -0.359 e. The van der Waals surface area contributed by atoms with Crippen molar-refractivity contribution in [2.45, 2.75) is 32.2 Å². The van der Waals surface area contributed by atoms with Crippen LogP contribution < -0.4 is 5.32 Å². The first-order chi connectivity index (χ1) is 9.63. The minimum absolute atomic E-state index is 0.379. The highest BCUT2D eigenvalue weighted by Gasteiger charge is 2.27. The molecule has 110 valence electrons. The van der Waals surface area contributed by atoms with Gasteiger partial charge in [-0.1, -0.05) is 13.0 Å². The largest absolute Gasteiger partial charge is 0.359 e. The topological polar surface area (TPSA) is 20.2 Å². The Morgan fingerprint density at radius 3 is 2.95 bits per heavy atom. The molecule has 0 radical (unpaired) electrons. The molecular formula is C16H25N3S. The maximum absolute atomic E-state index is 5.59. The van der Waals surface area contributed by atoms with Gasteiger partial charge in [0.15, 0.2) is 5.11 Å². The lowest BCUT2D eigenvalue weighted by atomic mass is 10.0. The fourth-order valence-electron chi connectivity index (χ4n) is 2.89. The standard InChI is InChI=1S/C16H25N3S/c1-4-10-17-16(20)19-12-9-13(2)7-8-15(19)14-6-5-11-18(14)3/h4-6,11,13,15H,1,7-10,12H2,2-3H3,(H,17,20)/t13-,15-/m1/s1. The fraction of sp³-hybridized carbons (Fsp3) is 0.562. The van der Waals surface area contributed by atoms with Gasteiger partial charge in [0.05, 0.1) is 6.04 Å². The first-order valence-corrected chi connectivity index (χ1v) is 7.81. The first-order valence-electron chi connectivity index (χ1n) is 7.40. The van der Waals surface area contributed by atoms with Gasteiger partial charge in [0.25, 0.3) is 0 Å². The van der Waals surface area contributed by atoms with Gasteiger partial charge in [-0.2, -0.15) is 0 Å². The van der Waals surface area contributed by atoms with Gasteiger partial charge in [0.2, 0.25) is 0 Å². The van der Waals surface area contributed by atoms with Crippen LogP contribution in [-0.2, 0) is 7.05 Å². The van der Waals surface area contributed by atoms with Crippen LogP contribution in [0.15, 0.2) is 31.0 Å². The highest BCUT2D eigenvalue weighted by atomic mass is 32.1. The van der Waals surface area contributed by atoms with Gasteiger partial charge in [-0.05, 0) is 49.5 Å². The number of aryl methyl sites for hydroxylation is 1. The lowest BCUT2D eigenvalue weighted by Gasteiger charge is -2.32. The van der Waals surface area contributed by atoms with E-state index in [-0.39, 0.29) is 0 Å². The highest BCUT2D eigenvalue weighted by Crippen LogP contribution is 2.32. The van der Waals surface area contributed by atoms with E-state index in [1.165, 1.54) is 18.5 Å². The van der Waals surface area contributed by atoms with Crippen molar-refractivity contribution in [2.75, 3.05) is 13.1 Å². The Labute approximate surface area is 127 Å². The van der Waals surface area contributed by atoms with E-state index in [1.54, 1.807) is 0 Å². The molecule has 4 heteroatoms. The zero-order chi connectivity index (χ0) is 14.5. The summed E-state index contributed by atoms with van der Waals surface area (Å²) in [5, 5.41) is 4.14. The molecule has 1 saturated heterocycles. The molecule has 0 aliphatic carbocycles. The van der Waals surface area contributed by atoms with Gasteiger partial charge in [0, 0.05) is 32.0 Å². The molecule has 2 atom stereocenters. The van der Waals surface area contributed by atoms with Crippen LogP contribution in [0.2, 0.25) is 0 Å². The molecule has 1 N–H and O–H groups in total. The van der Waals surface area contributed by atoms with Crippen LogP contribution in [0.25, 0.3) is 0 Å². The average Bonchev–Trinajstić information content (AvgIpc) is 2.75. The zero-order valence-corrected chi connectivity index (χ0v) is 13.3. The average molecular weight is 291 g/mol. The second kappa shape index (κ2) is 6.93. The van der Waals surface area contributed by atoms with E-state index in [2.05, 4.69) is 53.7 Å². The predicted molar refractivity (Wildman–Crippen MR) is 88.7 cm³/mol. The van der Waals surface area contributed by atoms with Crippen LogP contribution >= 0.6 is 12.2 Å². The first kappa shape index (κ1) is 15.1. The number of likely N-dealkylation sites (tertiary alicyclic amines) is 1. The summed E-state index contributed by atoms with van der Waals surface area (Å²) in [4.78, 5) is 2.36. The quantitative estimate of drug-likeness (QED) is 0.682. The van der Waals surface area contributed by atoms with Gasteiger partial charge < -0.3 is 14.8 Å². The van der Waals surface area contributed by atoms with Crippen molar-refractivity contribution in [1.29, 1.82) is 0 Å². The minimum atomic E-state index is 0.379. The van der Waals surface area contributed by atoms with Crippen molar-refractivity contribution in [3.63, 3.8) is 0 Å². The number of nitrogens with zero attached hydrogens (tertiary/aromatic N) is 2. The van der Waals surface area contributed by atoms with Crippen molar-refractivity contribution in [3.05, 3.63) is 36.7 Å². The molecule has 2 rings (SSSR count). The Bertz CT molecular complexity index is 466. The van der Waals surface area contributed by atoms with Crippen LogP contribution in [0.3, 0.4) is 0 Å². The van der Waals surface area contributed by atoms with E-state index in [9.17, 15) is 0 Å². The molecule has 0 saturated carbocycles. The van der Waals surface area contributed by atoms with E-state index < -0.39 is 0 Å². The van der Waals surface area contributed by atoms with E-state index in [1.807, 2.05) is 6.08 Å². The molecule has 20 heavy (non-hydrogen) atoms. The summed E-state index contributed by atoms with van der Waals surface area (Å²) in [6.45, 7) is 7.84. The SMILES string of the molecule is C=CCNC(=S)N1CC[C@H](C)CC[C@@H]1c1cccn1C. The summed E-state index contributed by atoms with van der Waals surface area (Å²) >= 11 is 5.59. The van der Waals surface area contributed by atoms with Crippen molar-refractivity contribution in [3.8, 4) is 0 Å². The maximum Gasteiger partial charge on any atom is 0.169 e. The summed E-state index contributed by atoms with van der Waals surface area (Å²) in [7, 11) is 2.11. The number of nitrogens with one attached hydrogen (secondary N) is 1. The van der Waals surface area contributed by atoms with Crippen LogP contribution in [-0.4, -0.2) is 27.7 Å². The van der Waals surface area contributed by atoms with Gasteiger partial charge in [0.1, 0.15) is 0 Å². The fourth-order valence-corrected chi connectivity index (χ4v) is 3.19. The zero-order valence-electron chi connectivity index (χ0n) is 12.5. The molecule has 0 bridgehead atoms. The Hall–Kier alpha value is -1.29. The Balaban J connectivity index is 2.21. The summed E-state index contributed by atoms with van der Waals surface area (Å²) < 4.78 is 2.21. The van der Waals surface area contributed by atoms with Crippen LogP contribution in [0, 0.1) is 5.92 Å². The van der Waals surface area contributed by atoms with Crippen LogP contribution in [0.1, 0.15) is 37.9 Å². The highest BCUT2D eigenvalue weighted by molar-refractivity contribution is 7.80. The van der Waals surface area contributed by atoms with E-state index in [4.69, 9.17) is 12.2 Å². The molecule has 1 aliphatic heterocycles. The summed E-state index contributed by atoms with van der Waals surface area (Å²) in [5.41, 5.74) is 1.35. The lowest BCUT2D eigenvalue weighted by molar-refractivity contribution is 0.307. The molecule has 1 aromatic rings. The molecule has 1 aliphatic rings. The summed E-state index contributed by atoms with van der Waals surface area (Å²) in [5.74, 6) is 0.768. The van der Waals surface area contributed by atoms with Gasteiger partial charge in [-0.3, -0.25) is 0 Å². The molecule has 1 aromatic heterocycles. The van der Waals surface area contributed by atoms with Crippen molar-refractivity contribution in [1.82, 2.24) is 14.8 Å². The Morgan fingerprint density at radius 2 is 2.30 bits per heavy atom. The number of hydrogen-bond acceptors (Lipinski definition) is 1. The predicted octanol–water partition coefficient (Wildman–Crippen LogP) is 3.25. The van der Waals surface area contributed by atoms with E-state index in [0.717, 1.165) is 30.5 Å². The molecule has 3 nitrogen and oxygen atoms in total.